The Morgan fingerprint density at radius 3 is 2.16 bits per heavy atom. The summed E-state index contributed by atoms with van der Waals surface area (Å²) in [6, 6.07) is 2.51. The van der Waals surface area contributed by atoms with Gasteiger partial charge in [-0.2, -0.15) is 8.42 Å². The smallest absolute Gasteiger partial charge is 0.329 e. The van der Waals surface area contributed by atoms with Crippen LogP contribution in [-0.4, -0.2) is 75.3 Å². The number of benzene rings is 1. The highest BCUT2D eigenvalue weighted by Crippen LogP contribution is 2.21. The molecule has 0 aliphatic carbocycles. The molecule has 1 rings (SSSR count). The summed E-state index contributed by atoms with van der Waals surface area (Å²) in [5, 5.41) is 2.52. The van der Waals surface area contributed by atoms with Crippen LogP contribution in [0, 0.1) is 5.82 Å². The molecule has 0 aliphatic heterocycles. The van der Waals surface area contributed by atoms with Crippen LogP contribution >= 0.6 is 11.6 Å². The lowest BCUT2D eigenvalue weighted by atomic mass is 10.1. The first kappa shape index (κ1) is 33.6. The molecule has 13 heteroatoms. The van der Waals surface area contributed by atoms with Crippen molar-refractivity contribution >= 4 is 45.3 Å². The van der Waals surface area contributed by atoms with E-state index in [2.05, 4.69) is 5.32 Å². The first-order valence-electron chi connectivity index (χ1n) is 12.0. The molecule has 0 heterocycles. The molecule has 1 atom stereocenters. The molecule has 0 saturated heterocycles. The molecule has 0 saturated carbocycles. The van der Waals surface area contributed by atoms with Gasteiger partial charge in [0.1, 0.15) is 23.1 Å². The van der Waals surface area contributed by atoms with Crippen molar-refractivity contribution in [2.75, 3.05) is 36.7 Å². The van der Waals surface area contributed by atoms with Crippen molar-refractivity contribution in [2.45, 2.75) is 71.6 Å². The molecule has 0 aliphatic rings. The summed E-state index contributed by atoms with van der Waals surface area (Å²) in [5.74, 6) is -2.67. The molecule has 1 aromatic rings. The lowest BCUT2D eigenvalue weighted by molar-refractivity contribution is -0.158. The van der Waals surface area contributed by atoms with E-state index in [1.54, 1.807) is 41.5 Å². The molecule has 0 bridgehead atoms. The fourth-order valence-corrected chi connectivity index (χ4v) is 3.76. The predicted molar refractivity (Wildman–Crippen MR) is 142 cm³/mol. The van der Waals surface area contributed by atoms with Crippen molar-refractivity contribution in [3.8, 4) is 0 Å². The second-order valence-electron chi connectivity index (χ2n) is 10.6. The van der Waals surface area contributed by atoms with E-state index in [0.717, 1.165) is 12.3 Å². The van der Waals surface area contributed by atoms with Gasteiger partial charge in [-0.3, -0.25) is 13.8 Å². The molecule has 1 amide bonds. The van der Waals surface area contributed by atoms with Gasteiger partial charge in [-0.25, -0.2) is 9.18 Å². The molecule has 0 fully saturated rings. The normalized spacial score (nSPS) is 13.0. The Hall–Kier alpha value is -2.44. The van der Waals surface area contributed by atoms with Crippen LogP contribution < -0.4 is 10.2 Å². The van der Waals surface area contributed by atoms with Gasteiger partial charge in [0, 0.05) is 31.0 Å². The summed E-state index contributed by atoms with van der Waals surface area (Å²) < 4.78 is 52.8. The zero-order valence-electron chi connectivity index (χ0n) is 22.9. The van der Waals surface area contributed by atoms with Crippen molar-refractivity contribution in [3.63, 3.8) is 0 Å². The van der Waals surface area contributed by atoms with Crippen molar-refractivity contribution in [1.29, 1.82) is 0 Å². The minimum absolute atomic E-state index is 0.0354. The number of halogens is 2. The highest BCUT2D eigenvalue weighted by molar-refractivity contribution is 7.85. The van der Waals surface area contributed by atoms with Crippen LogP contribution in [0.3, 0.4) is 0 Å². The average molecular weight is 581 g/mol. The number of rotatable bonds is 13. The van der Waals surface area contributed by atoms with E-state index in [1.807, 2.05) is 0 Å². The molecular formula is C25H38ClFN2O8S. The SMILES string of the molecule is CC(C)(C)OC(=O)CC[C@H](NC(=O)c1ccc(N(CCCl)CCOS(C)(=O)=O)c(F)c1)C(=O)OC(C)(C)C. The van der Waals surface area contributed by atoms with E-state index in [-0.39, 0.29) is 49.7 Å². The summed E-state index contributed by atoms with van der Waals surface area (Å²) in [6.07, 6.45) is 0.669. The Morgan fingerprint density at radius 2 is 1.66 bits per heavy atom. The number of amides is 1. The van der Waals surface area contributed by atoms with Gasteiger partial charge in [-0.1, -0.05) is 0 Å². The molecule has 38 heavy (non-hydrogen) atoms. The van der Waals surface area contributed by atoms with Crippen molar-refractivity contribution < 1.29 is 40.8 Å². The lowest BCUT2D eigenvalue weighted by Crippen LogP contribution is -2.44. The fraction of sp³-hybridized carbons (Fsp3) is 0.640. The van der Waals surface area contributed by atoms with Crippen molar-refractivity contribution in [1.82, 2.24) is 5.32 Å². The third kappa shape index (κ3) is 13.4. The summed E-state index contributed by atoms with van der Waals surface area (Å²) in [4.78, 5) is 39.3. The number of esters is 2. The number of carbonyl (C=O) groups excluding carboxylic acids is 3. The molecule has 0 aromatic heterocycles. The average Bonchev–Trinajstić information content (AvgIpc) is 2.72. The minimum Gasteiger partial charge on any atom is -0.460 e. The zero-order valence-corrected chi connectivity index (χ0v) is 24.5. The Balaban J connectivity index is 3.05. The number of nitrogens with zero attached hydrogens (tertiary/aromatic N) is 1. The summed E-state index contributed by atoms with van der Waals surface area (Å²) in [6.45, 7) is 10.1. The van der Waals surface area contributed by atoms with Gasteiger partial charge >= 0.3 is 11.9 Å². The summed E-state index contributed by atoms with van der Waals surface area (Å²) in [5.41, 5.74) is -1.54. The van der Waals surface area contributed by atoms with E-state index in [4.69, 9.17) is 25.3 Å². The van der Waals surface area contributed by atoms with E-state index in [9.17, 15) is 27.2 Å². The highest BCUT2D eigenvalue weighted by atomic mass is 35.5. The maximum atomic E-state index is 15.0. The van der Waals surface area contributed by atoms with Crippen LogP contribution in [-0.2, 0) is 33.4 Å². The maximum absolute atomic E-state index is 15.0. The van der Waals surface area contributed by atoms with Crippen LogP contribution in [0.25, 0.3) is 0 Å². The molecular weight excluding hydrogens is 543 g/mol. The summed E-state index contributed by atoms with van der Waals surface area (Å²) >= 11 is 5.80. The standard InChI is InChI=1S/C25H38ClFN2O8S/c1-24(2,3)36-21(30)11-9-19(23(32)37-25(4,5)6)28-22(31)17-8-10-20(18(27)16-17)29(13-12-26)14-15-35-38(7,33)34/h8,10,16,19H,9,11-15H2,1-7H3,(H,28,31)/t19-/m0/s1. The van der Waals surface area contributed by atoms with Crippen LogP contribution in [0.2, 0.25) is 0 Å². The number of hydrogen-bond donors (Lipinski definition) is 1. The lowest BCUT2D eigenvalue weighted by Gasteiger charge is -2.26. The zero-order chi connectivity index (χ0) is 29.3. The Morgan fingerprint density at radius 1 is 1.05 bits per heavy atom. The molecule has 10 nitrogen and oxygen atoms in total. The van der Waals surface area contributed by atoms with Gasteiger partial charge in [0.15, 0.2) is 0 Å². The number of carbonyl (C=O) groups is 3. The fourth-order valence-electron chi connectivity index (χ4n) is 3.18. The van der Waals surface area contributed by atoms with Gasteiger partial charge in [0.2, 0.25) is 0 Å². The second kappa shape index (κ2) is 14.1. The Kier molecular flexibility index (Phi) is 12.5. The first-order valence-corrected chi connectivity index (χ1v) is 14.4. The maximum Gasteiger partial charge on any atom is 0.329 e. The van der Waals surface area contributed by atoms with Crippen LogP contribution in [0.5, 0.6) is 0 Å². The second-order valence-corrected chi connectivity index (χ2v) is 12.6. The number of alkyl halides is 1. The molecule has 1 aromatic carbocycles. The van der Waals surface area contributed by atoms with Crippen LogP contribution in [0.1, 0.15) is 64.7 Å². The van der Waals surface area contributed by atoms with E-state index in [0.29, 0.717) is 0 Å². The summed E-state index contributed by atoms with van der Waals surface area (Å²) in [7, 11) is -3.67. The number of anilines is 1. The molecule has 0 unspecified atom stereocenters. The van der Waals surface area contributed by atoms with Crippen molar-refractivity contribution in [2.24, 2.45) is 0 Å². The molecule has 0 spiro atoms. The number of ether oxygens (including phenoxy) is 2. The van der Waals surface area contributed by atoms with Crippen molar-refractivity contribution in [3.05, 3.63) is 29.6 Å². The van der Waals surface area contributed by atoms with E-state index in [1.165, 1.54) is 17.0 Å². The monoisotopic (exact) mass is 580 g/mol. The predicted octanol–water partition coefficient (Wildman–Crippen LogP) is 3.41. The van der Waals surface area contributed by atoms with E-state index < -0.39 is 51.0 Å². The van der Waals surface area contributed by atoms with Gasteiger partial charge in [0.25, 0.3) is 16.0 Å². The largest absolute Gasteiger partial charge is 0.460 e. The van der Waals surface area contributed by atoms with Crippen LogP contribution in [0.4, 0.5) is 10.1 Å². The highest BCUT2D eigenvalue weighted by Gasteiger charge is 2.29. The van der Waals surface area contributed by atoms with Gasteiger partial charge < -0.3 is 19.7 Å². The molecule has 0 radical (unpaired) electrons. The van der Waals surface area contributed by atoms with E-state index >= 15 is 0 Å². The van der Waals surface area contributed by atoms with Gasteiger partial charge in [-0.05, 0) is 66.2 Å². The third-order valence-corrected chi connectivity index (χ3v) is 5.38. The Bertz CT molecular complexity index is 1080. The molecule has 216 valence electrons. The first-order chi connectivity index (χ1) is 17.3. The van der Waals surface area contributed by atoms with Gasteiger partial charge in [-0.15, -0.1) is 11.6 Å². The number of nitrogens with one attached hydrogen (secondary N) is 1. The van der Waals surface area contributed by atoms with Crippen LogP contribution in [0.15, 0.2) is 18.2 Å². The topological polar surface area (TPSA) is 128 Å². The van der Waals surface area contributed by atoms with Gasteiger partial charge in [0.05, 0.1) is 18.6 Å². The quantitative estimate of drug-likeness (QED) is 0.212. The molecule has 1 N–H and O–H groups in total. The third-order valence-electron chi connectivity index (χ3n) is 4.62. The minimum atomic E-state index is -3.67. The number of hydrogen-bond acceptors (Lipinski definition) is 9. The Labute approximate surface area is 229 Å².